The third kappa shape index (κ3) is 3.87. The van der Waals surface area contributed by atoms with Crippen LogP contribution < -0.4 is 5.32 Å². The van der Waals surface area contributed by atoms with Crippen molar-refractivity contribution in [2.45, 2.75) is 18.9 Å². The van der Waals surface area contributed by atoms with Crippen LogP contribution in [-0.4, -0.2) is 33.8 Å². The normalized spacial score (nSPS) is 16.0. The van der Waals surface area contributed by atoms with Crippen molar-refractivity contribution in [1.82, 2.24) is 20.0 Å². The molecule has 27 heavy (non-hydrogen) atoms. The Hall–Kier alpha value is -3.08. The van der Waals surface area contributed by atoms with Gasteiger partial charge in [-0.15, -0.1) is 0 Å². The van der Waals surface area contributed by atoms with Crippen molar-refractivity contribution in [3.05, 3.63) is 89.2 Å². The van der Waals surface area contributed by atoms with Gasteiger partial charge in [-0.1, -0.05) is 54.6 Å². The number of hydrogen-bond donors (Lipinski definition) is 1. The number of carbonyl (C=O) groups excluding carboxylic acids is 1. The molecule has 2 aromatic carbocycles. The SMILES string of the molecule is Cn1cc(C2CN(C(=O)NCCc3ccccc3)Cc3ccccc32)cn1. The summed E-state index contributed by atoms with van der Waals surface area (Å²) in [5.41, 5.74) is 4.87. The molecule has 1 aromatic heterocycles. The quantitative estimate of drug-likeness (QED) is 0.776. The highest BCUT2D eigenvalue weighted by atomic mass is 16.2. The highest BCUT2D eigenvalue weighted by molar-refractivity contribution is 5.75. The molecule has 1 N–H and O–H groups in total. The molecule has 5 heteroatoms. The van der Waals surface area contributed by atoms with E-state index >= 15 is 0 Å². The first-order chi connectivity index (χ1) is 13.2. The summed E-state index contributed by atoms with van der Waals surface area (Å²) in [5, 5.41) is 7.39. The molecule has 4 rings (SSSR count). The summed E-state index contributed by atoms with van der Waals surface area (Å²) >= 11 is 0. The second-order valence-electron chi connectivity index (χ2n) is 7.05. The smallest absolute Gasteiger partial charge is 0.317 e. The average Bonchev–Trinajstić information content (AvgIpc) is 3.14. The van der Waals surface area contributed by atoms with E-state index in [2.05, 4.69) is 40.7 Å². The number of nitrogens with one attached hydrogen (secondary N) is 1. The summed E-state index contributed by atoms with van der Waals surface area (Å²) in [4.78, 5) is 14.7. The number of urea groups is 1. The third-order valence-corrected chi connectivity index (χ3v) is 5.14. The van der Waals surface area contributed by atoms with E-state index in [4.69, 9.17) is 0 Å². The predicted octanol–water partition coefficient (Wildman–Crippen LogP) is 3.32. The fraction of sp³-hybridized carbons (Fsp3) is 0.273. The molecule has 5 nitrogen and oxygen atoms in total. The van der Waals surface area contributed by atoms with E-state index in [0.29, 0.717) is 19.6 Å². The molecule has 0 saturated heterocycles. The lowest BCUT2D eigenvalue weighted by atomic mass is 9.86. The summed E-state index contributed by atoms with van der Waals surface area (Å²) in [6, 6.07) is 18.6. The maximum absolute atomic E-state index is 12.8. The lowest BCUT2D eigenvalue weighted by Gasteiger charge is -2.34. The summed E-state index contributed by atoms with van der Waals surface area (Å²) in [6.45, 7) is 1.95. The zero-order valence-electron chi connectivity index (χ0n) is 15.5. The van der Waals surface area contributed by atoms with Gasteiger partial charge in [-0.2, -0.15) is 5.10 Å². The van der Waals surface area contributed by atoms with Crippen molar-refractivity contribution in [3.8, 4) is 0 Å². The van der Waals surface area contributed by atoms with Gasteiger partial charge in [0.15, 0.2) is 0 Å². The van der Waals surface area contributed by atoms with Crippen molar-refractivity contribution in [2.75, 3.05) is 13.1 Å². The van der Waals surface area contributed by atoms with Crippen LogP contribution in [-0.2, 0) is 20.0 Å². The van der Waals surface area contributed by atoms with Gasteiger partial charge in [-0.25, -0.2) is 4.79 Å². The van der Waals surface area contributed by atoms with E-state index in [1.165, 1.54) is 16.7 Å². The van der Waals surface area contributed by atoms with E-state index in [-0.39, 0.29) is 11.9 Å². The van der Waals surface area contributed by atoms with Crippen molar-refractivity contribution in [2.24, 2.45) is 7.05 Å². The summed E-state index contributed by atoms with van der Waals surface area (Å²) in [6.07, 6.45) is 4.78. The Morgan fingerprint density at radius 3 is 2.70 bits per heavy atom. The van der Waals surface area contributed by atoms with Crippen LogP contribution in [0, 0.1) is 0 Å². The molecule has 0 fully saturated rings. The van der Waals surface area contributed by atoms with E-state index < -0.39 is 0 Å². The van der Waals surface area contributed by atoms with E-state index in [1.54, 1.807) is 0 Å². The summed E-state index contributed by atoms with van der Waals surface area (Å²) in [5.74, 6) is 0.156. The number of carbonyl (C=O) groups is 1. The Balaban J connectivity index is 1.46. The molecule has 0 bridgehead atoms. The van der Waals surface area contributed by atoms with Gasteiger partial charge in [-0.3, -0.25) is 4.68 Å². The third-order valence-electron chi connectivity index (χ3n) is 5.14. The molecule has 1 atom stereocenters. The minimum atomic E-state index is -0.00526. The largest absolute Gasteiger partial charge is 0.338 e. The minimum absolute atomic E-state index is 0.00526. The molecule has 0 aliphatic carbocycles. The van der Waals surface area contributed by atoms with Gasteiger partial charge in [0.05, 0.1) is 6.20 Å². The zero-order chi connectivity index (χ0) is 18.6. The molecular weight excluding hydrogens is 336 g/mol. The number of hydrogen-bond acceptors (Lipinski definition) is 2. The van der Waals surface area contributed by atoms with Gasteiger partial charge in [0.1, 0.15) is 0 Å². The first-order valence-electron chi connectivity index (χ1n) is 9.34. The number of amides is 2. The number of aromatic nitrogens is 2. The molecule has 138 valence electrons. The Bertz CT molecular complexity index is 919. The molecule has 1 unspecified atom stereocenters. The monoisotopic (exact) mass is 360 g/mol. The van der Waals surface area contributed by atoms with E-state index in [9.17, 15) is 4.79 Å². The Labute approximate surface area is 159 Å². The second-order valence-corrected chi connectivity index (χ2v) is 7.05. The lowest BCUT2D eigenvalue weighted by Crippen LogP contribution is -2.44. The molecule has 0 radical (unpaired) electrons. The first kappa shape index (κ1) is 17.3. The maximum atomic E-state index is 12.8. The van der Waals surface area contributed by atoms with Crippen LogP contribution in [0.15, 0.2) is 67.0 Å². The van der Waals surface area contributed by atoms with Gasteiger partial charge in [0.25, 0.3) is 0 Å². The zero-order valence-corrected chi connectivity index (χ0v) is 15.5. The minimum Gasteiger partial charge on any atom is -0.338 e. The van der Waals surface area contributed by atoms with Gasteiger partial charge >= 0.3 is 6.03 Å². The average molecular weight is 360 g/mol. The lowest BCUT2D eigenvalue weighted by molar-refractivity contribution is 0.189. The molecule has 0 saturated carbocycles. The molecule has 2 heterocycles. The molecule has 2 amide bonds. The topological polar surface area (TPSA) is 50.2 Å². The van der Waals surface area contributed by atoms with Crippen LogP contribution in [0.3, 0.4) is 0 Å². The standard InChI is InChI=1S/C22H24N4O/c1-25-14-19(13-24-25)21-16-26(15-18-9-5-6-10-20(18)21)22(27)23-12-11-17-7-3-2-4-8-17/h2-10,13-14,21H,11-12,15-16H2,1H3,(H,23,27). The fourth-order valence-corrected chi connectivity index (χ4v) is 3.74. The van der Waals surface area contributed by atoms with Crippen LogP contribution in [0.4, 0.5) is 4.79 Å². The Morgan fingerprint density at radius 2 is 1.93 bits per heavy atom. The molecule has 0 spiro atoms. The molecular formula is C22H24N4O. The van der Waals surface area contributed by atoms with Crippen molar-refractivity contribution >= 4 is 6.03 Å². The number of rotatable bonds is 4. The number of aryl methyl sites for hydroxylation is 1. The van der Waals surface area contributed by atoms with Crippen LogP contribution in [0.5, 0.6) is 0 Å². The summed E-state index contributed by atoms with van der Waals surface area (Å²) in [7, 11) is 1.92. The van der Waals surface area contributed by atoms with Gasteiger partial charge < -0.3 is 10.2 Å². The fourth-order valence-electron chi connectivity index (χ4n) is 3.74. The first-order valence-corrected chi connectivity index (χ1v) is 9.34. The van der Waals surface area contributed by atoms with Gasteiger partial charge in [0, 0.05) is 38.8 Å². The van der Waals surface area contributed by atoms with Gasteiger partial charge in [-0.05, 0) is 28.7 Å². The highest BCUT2D eigenvalue weighted by Crippen LogP contribution is 2.33. The number of benzene rings is 2. The second kappa shape index (κ2) is 7.66. The van der Waals surface area contributed by atoms with Crippen molar-refractivity contribution in [3.63, 3.8) is 0 Å². The Kier molecular flexibility index (Phi) is 4.92. The van der Waals surface area contributed by atoms with E-state index in [0.717, 1.165) is 12.0 Å². The molecule has 1 aliphatic rings. The van der Waals surface area contributed by atoms with Crippen LogP contribution >= 0.6 is 0 Å². The van der Waals surface area contributed by atoms with Crippen LogP contribution in [0.25, 0.3) is 0 Å². The molecule has 3 aromatic rings. The summed E-state index contributed by atoms with van der Waals surface area (Å²) < 4.78 is 1.82. The van der Waals surface area contributed by atoms with E-state index in [1.807, 2.05) is 53.3 Å². The Morgan fingerprint density at radius 1 is 1.15 bits per heavy atom. The van der Waals surface area contributed by atoms with Crippen molar-refractivity contribution in [1.29, 1.82) is 0 Å². The van der Waals surface area contributed by atoms with Crippen LogP contribution in [0.2, 0.25) is 0 Å². The maximum Gasteiger partial charge on any atom is 0.317 e. The van der Waals surface area contributed by atoms with Crippen molar-refractivity contribution < 1.29 is 4.79 Å². The highest BCUT2D eigenvalue weighted by Gasteiger charge is 2.29. The predicted molar refractivity (Wildman–Crippen MR) is 105 cm³/mol. The van der Waals surface area contributed by atoms with Crippen LogP contribution in [0.1, 0.15) is 28.2 Å². The van der Waals surface area contributed by atoms with Gasteiger partial charge in [0.2, 0.25) is 0 Å². The number of nitrogens with zero attached hydrogens (tertiary/aromatic N) is 3. The number of fused-ring (bicyclic) bond motifs is 1. The molecule has 1 aliphatic heterocycles.